The number of carbonyl (C=O) groups excluding carboxylic acids is 1. The van der Waals surface area contributed by atoms with Gasteiger partial charge in [0.2, 0.25) is 5.91 Å². The minimum atomic E-state index is -0.310. The van der Waals surface area contributed by atoms with Crippen LogP contribution in [0.4, 0.5) is 10.2 Å². The number of amides is 1. The van der Waals surface area contributed by atoms with Crippen molar-refractivity contribution >= 4 is 41.1 Å². The van der Waals surface area contributed by atoms with E-state index >= 15 is 0 Å². The van der Waals surface area contributed by atoms with Crippen molar-refractivity contribution in [3.8, 4) is 11.4 Å². The zero-order valence-corrected chi connectivity index (χ0v) is 21.6. The van der Waals surface area contributed by atoms with Gasteiger partial charge in [-0.3, -0.25) is 4.79 Å². The molecule has 8 nitrogen and oxygen atoms in total. The van der Waals surface area contributed by atoms with Crippen molar-refractivity contribution in [3.63, 3.8) is 0 Å². The first-order chi connectivity index (χ1) is 17.8. The topological polar surface area (TPSA) is 115 Å². The molecule has 1 aliphatic rings. The van der Waals surface area contributed by atoms with Gasteiger partial charge in [-0.1, -0.05) is 54.0 Å². The number of benzene rings is 2. The van der Waals surface area contributed by atoms with E-state index in [0.717, 1.165) is 0 Å². The molecular weight excluding hydrogens is 516 g/mol. The first-order valence-electron chi connectivity index (χ1n) is 11.8. The van der Waals surface area contributed by atoms with E-state index in [0.29, 0.717) is 70.3 Å². The molecule has 0 aliphatic carbocycles. The Morgan fingerprint density at radius 2 is 1.86 bits per heavy atom. The van der Waals surface area contributed by atoms with E-state index in [4.69, 9.17) is 39.7 Å². The lowest BCUT2D eigenvalue weighted by atomic mass is 10.0. The summed E-state index contributed by atoms with van der Waals surface area (Å²) in [6.07, 6.45) is 2.83. The van der Waals surface area contributed by atoms with Gasteiger partial charge in [0.15, 0.2) is 0 Å². The van der Waals surface area contributed by atoms with Crippen LogP contribution in [0.5, 0.6) is 0 Å². The number of nitrogens with two attached hydrogens (primary N) is 2. The predicted molar refractivity (Wildman–Crippen MR) is 146 cm³/mol. The fraction of sp³-hybridized carbons (Fsp3) is 0.269. The van der Waals surface area contributed by atoms with E-state index in [1.165, 1.54) is 12.3 Å². The number of aliphatic imine (C=N–C) groups is 1. The number of nitrogens with zero attached hydrogens (tertiary/aromatic N) is 4. The third-order valence-electron chi connectivity index (χ3n) is 6.30. The van der Waals surface area contributed by atoms with Gasteiger partial charge in [-0.2, -0.15) is 0 Å². The molecule has 2 heterocycles. The summed E-state index contributed by atoms with van der Waals surface area (Å²) in [6.45, 7) is 5.19. The van der Waals surface area contributed by atoms with Crippen molar-refractivity contribution in [3.05, 3.63) is 82.0 Å². The Kier molecular flexibility index (Phi) is 8.48. The zero-order chi connectivity index (χ0) is 26.5. The van der Waals surface area contributed by atoms with Crippen molar-refractivity contribution < 1.29 is 9.18 Å². The van der Waals surface area contributed by atoms with E-state index in [-0.39, 0.29) is 30.9 Å². The van der Waals surface area contributed by atoms with Crippen molar-refractivity contribution in [2.24, 2.45) is 10.7 Å². The van der Waals surface area contributed by atoms with Gasteiger partial charge >= 0.3 is 0 Å². The van der Waals surface area contributed by atoms with Gasteiger partial charge in [0.1, 0.15) is 29.0 Å². The number of nitrogen functional groups attached to an aromatic ring is 1. The van der Waals surface area contributed by atoms with Crippen LogP contribution in [0.1, 0.15) is 30.1 Å². The Labute approximate surface area is 224 Å². The van der Waals surface area contributed by atoms with Crippen LogP contribution in [0.25, 0.3) is 11.4 Å². The van der Waals surface area contributed by atoms with Gasteiger partial charge in [-0.15, -0.1) is 0 Å². The minimum Gasteiger partial charge on any atom is -0.383 e. The van der Waals surface area contributed by atoms with Crippen LogP contribution in [0, 0.1) is 5.82 Å². The van der Waals surface area contributed by atoms with Crippen molar-refractivity contribution in [1.29, 1.82) is 0 Å². The Bertz CT molecular complexity index is 1310. The second-order valence-corrected chi connectivity index (χ2v) is 9.45. The van der Waals surface area contributed by atoms with Gasteiger partial charge in [0, 0.05) is 31.2 Å². The molecule has 0 atom stereocenters. The standard InChI is InChI=1S/C26H28Cl2FN7O/c1-16(32-14-17-5-2-3-8-21(17)29)33-15-22-25(31)36(18-9-11-35(12-10-18)23(37)13-30)26(34-22)24-19(27)6-4-7-20(24)28/h2-8,15,18,32H,1,9-14,30-31H2. The zero-order valence-electron chi connectivity index (χ0n) is 20.1. The number of rotatable bonds is 8. The lowest BCUT2D eigenvalue weighted by Crippen LogP contribution is -2.42. The number of hydrogen-bond acceptors (Lipinski definition) is 6. The molecule has 0 radical (unpaired) electrons. The third kappa shape index (κ3) is 5.95. The van der Waals surface area contributed by atoms with Gasteiger partial charge in [-0.25, -0.2) is 14.4 Å². The highest BCUT2D eigenvalue weighted by Gasteiger charge is 2.29. The molecule has 194 valence electrons. The van der Waals surface area contributed by atoms with Crippen molar-refractivity contribution in [1.82, 2.24) is 19.8 Å². The van der Waals surface area contributed by atoms with E-state index in [2.05, 4.69) is 16.9 Å². The quantitative estimate of drug-likeness (QED) is 0.364. The highest BCUT2D eigenvalue weighted by Crippen LogP contribution is 2.39. The number of nitrogens with one attached hydrogen (secondary N) is 1. The summed E-state index contributed by atoms with van der Waals surface area (Å²) in [5.41, 5.74) is 13.6. The maximum absolute atomic E-state index is 13.9. The largest absolute Gasteiger partial charge is 0.383 e. The molecule has 1 amide bonds. The summed E-state index contributed by atoms with van der Waals surface area (Å²) in [6, 6.07) is 11.7. The number of anilines is 1. The normalized spacial score (nSPS) is 14.3. The van der Waals surface area contributed by atoms with E-state index in [1.807, 2.05) is 4.57 Å². The fourth-order valence-electron chi connectivity index (χ4n) is 4.34. The van der Waals surface area contributed by atoms with E-state index in [1.54, 1.807) is 41.3 Å². The first kappa shape index (κ1) is 26.7. The smallest absolute Gasteiger partial charge is 0.236 e. The molecule has 2 aromatic carbocycles. The molecule has 1 aliphatic heterocycles. The fourth-order valence-corrected chi connectivity index (χ4v) is 4.91. The first-order valence-corrected chi connectivity index (χ1v) is 12.6. The molecule has 4 rings (SSSR count). The molecular formula is C26H28Cl2FN7O. The maximum Gasteiger partial charge on any atom is 0.236 e. The van der Waals surface area contributed by atoms with Gasteiger partial charge in [0.05, 0.1) is 28.4 Å². The average molecular weight is 544 g/mol. The van der Waals surface area contributed by atoms with E-state index in [9.17, 15) is 9.18 Å². The molecule has 0 unspecified atom stereocenters. The monoisotopic (exact) mass is 543 g/mol. The summed E-state index contributed by atoms with van der Waals surface area (Å²) in [5, 5.41) is 3.87. The summed E-state index contributed by atoms with van der Waals surface area (Å²) in [5.74, 6) is 0.835. The maximum atomic E-state index is 13.9. The minimum absolute atomic E-state index is 0.0200. The molecule has 11 heteroatoms. The summed E-state index contributed by atoms with van der Waals surface area (Å²) >= 11 is 13.1. The highest BCUT2D eigenvalue weighted by molar-refractivity contribution is 6.39. The molecule has 5 N–H and O–H groups in total. The summed E-state index contributed by atoms with van der Waals surface area (Å²) in [7, 11) is 0. The molecule has 0 spiro atoms. The Balaban J connectivity index is 1.61. The summed E-state index contributed by atoms with van der Waals surface area (Å²) in [4.78, 5) is 22.9. The predicted octanol–water partition coefficient (Wildman–Crippen LogP) is 4.38. The number of likely N-dealkylation sites (tertiary alicyclic amines) is 1. The molecule has 1 aromatic heterocycles. The number of imidazole rings is 1. The third-order valence-corrected chi connectivity index (χ3v) is 6.93. The number of piperidine rings is 1. The van der Waals surface area contributed by atoms with Gasteiger partial charge in [-0.05, 0) is 31.0 Å². The van der Waals surface area contributed by atoms with Crippen LogP contribution in [0.15, 0.2) is 59.9 Å². The van der Waals surface area contributed by atoms with E-state index < -0.39 is 0 Å². The number of hydrogen-bond donors (Lipinski definition) is 3. The Morgan fingerprint density at radius 1 is 1.19 bits per heavy atom. The van der Waals surface area contributed by atoms with Crippen LogP contribution in [-0.4, -0.2) is 46.2 Å². The highest BCUT2D eigenvalue weighted by atomic mass is 35.5. The Morgan fingerprint density at radius 3 is 2.51 bits per heavy atom. The molecule has 3 aromatic rings. The van der Waals surface area contributed by atoms with Gasteiger partial charge < -0.3 is 26.3 Å². The lowest BCUT2D eigenvalue weighted by molar-refractivity contribution is -0.130. The Hall–Kier alpha value is -3.40. The van der Waals surface area contributed by atoms with Crippen LogP contribution in [-0.2, 0) is 11.3 Å². The number of halogens is 3. The molecule has 0 saturated carbocycles. The summed E-state index contributed by atoms with van der Waals surface area (Å²) < 4.78 is 15.8. The lowest BCUT2D eigenvalue weighted by Gasteiger charge is -2.33. The number of aromatic nitrogens is 2. The average Bonchev–Trinajstić information content (AvgIpc) is 3.21. The van der Waals surface area contributed by atoms with Crippen molar-refractivity contribution in [2.45, 2.75) is 25.4 Å². The van der Waals surface area contributed by atoms with Crippen molar-refractivity contribution in [2.75, 3.05) is 25.4 Å². The molecule has 1 saturated heterocycles. The second kappa shape index (κ2) is 11.8. The van der Waals surface area contributed by atoms with Crippen LogP contribution < -0.4 is 16.8 Å². The SMILES string of the molecule is C=C(N=Cc1nc(-c2c(Cl)cccc2Cl)n(C2CCN(C(=O)CN)CC2)c1N)NCc1ccccc1F. The van der Waals surface area contributed by atoms with Gasteiger partial charge in [0.25, 0.3) is 0 Å². The molecule has 1 fully saturated rings. The van der Waals surface area contributed by atoms with Crippen LogP contribution in [0.3, 0.4) is 0 Å². The molecule has 37 heavy (non-hydrogen) atoms. The molecule has 0 bridgehead atoms. The second-order valence-electron chi connectivity index (χ2n) is 8.64. The van der Waals surface area contributed by atoms with Crippen LogP contribution >= 0.6 is 23.2 Å². The van der Waals surface area contributed by atoms with Crippen LogP contribution in [0.2, 0.25) is 10.0 Å². The number of carbonyl (C=O) groups is 1.